The minimum absolute atomic E-state index is 0.00521. The van der Waals surface area contributed by atoms with E-state index in [2.05, 4.69) is 65.6 Å². The highest BCUT2D eigenvalue weighted by atomic mass is 32.2. The van der Waals surface area contributed by atoms with E-state index in [4.69, 9.17) is 5.14 Å². The standard InChI is InChI=1S/C34H53F3N6O2S/c1-7-11-27(21-26(5)16-19-43(6)18-8-2)13-12-25(4)22-28-14-15-31(29(9-3)23-28)41-33-40-24-30(34(35,36)37)32(42-33)39-17-10-20-46(38,44)45/h14-15,23-24,27H,4-5,7-13,16-22H2,1-3,6H3,(H2,38,44,45)(H2,39,40,41,42). The van der Waals surface area contributed by atoms with Gasteiger partial charge in [0, 0.05) is 25.0 Å². The lowest BCUT2D eigenvalue weighted by molar-refractivity contribution is -0.137. The van der Waals surface area contributed by atoms with Gasteiger partial charge in [0.25, 0.3) is 0 Å². The number of nitrogens with two attached hydrogens (primary N) is 1. The molecule has 0 aliphatic carbocycles. The second kappa shape index (κ2) is 19.0. The highest BCUT2D eigenvalue weighted by Crippen LogP contribution is 2.34. The summed E-state index contributed by atoms with van der Waals surface area (Å²) in [5, 5.41) is 10.6. The van der Waals surface area contributed by atoms with E-state index in [1.165, 1.54) is 17.6 Å². The maximum atomic E-state index is 13.6. The van der Waals surface area contributed by atoms with Gasteiger partial charge in [-0.15, -0.1) is 0 Å². The molecule has 1 aromatic heterocycles. The zero-order valence-electron chi connectivity index (χ0n) is 28.0. The fourth-order valence-corrected chi connectivity index (χ4v) is 6.00. The van der Waals surface area contributed by atoms with Crippen molar-refractivity contribution in [3.63, 3.8) is 0 Å². The molecule has 0 saturated carbocycles. The second-order valence-corrected chi connectivity index (χ2v) is 13.9. The Morgan fingerprint density at radius 3 is 2.43 bits per heavy atom. The number of allylic oxidation sites excluding steroid dienone is 1. The first kappa shape index (κ1) is 39.2. The molecule has 1 heterocycles. The Balaban J connectivity index is 2.04. The molecule has 1 aromatic carbocycles. The fraction of sp³-hybridized carbons (Fsp3) is 0.588. The molecule has 46 heavy (non-hydrogen) atoms. The van der Waals surface area contributed by atoms with Crippen LogP contribution in [0.25, 0.3) is 0 Å². The summed E-state index contributed by atoms with van der Waals surface area (Å²) >= 11 is 0. The first-order valence-electron chi connectivity index (χ1n) is 16.2. The molecule has 0 radical (unpaired) electrons. The predicted molar refractivity (Wildman–Crippen MR) is 184 cm³/mol. The van der Waals surface area contributed by atoms with Gasteiger partial charge in [-0.25, -0.2) is 18.5 Å². The molecule has 1 unspecified atom stereocenters. The second-order valence-electron chi connectivity index (χ2n) is 12.2. The number of alkyl halides is 3. The summed E-state index contributed by atoms with van der Waals surface area (Å²) in [6.45, 7) is 17.3. The average molecular weight is 667 g/mol. The Labute approximate surface area is 274 Å². The zero-order chi connectivity index (χ0) is 34.3. The largest absolute Gasteiger partial charge is 0.421 e. The van der Waals surface area contributed by atoms with E-state index >= 15 is 0 Å². The van der Waals surface area contributed by atoms with Crippen molar-refractivity contribution in [2.24, 2.45) is 11.1 Å². The van der Waals surface area contributed by atoms with Crippen molar-refractivity contribution in [3.05, 3.63) is 65.4 Å². The number of halogens is 3. The summed E-state index contributed by atoms with van der Waals surface area (Å²) in [4.78, 5) is 10.3. The number of hydrogen-bond acceptors (Lipinski definition) is 7. The van der Waals surface area contributed by atoms with E-state index in [1.807, 2.05) is 19.1 Å². The van der Waals surface area contributed by atoms with Gasteiger partial charge in [-0.05, 0) is 88.1 Å². The van der Waals surface area contributed by atoms with Gasteiger partial charge in [0.2, 0.25) is 16.0 Å². The van der Waals surface area contributed by atoms with Gasteiger partial charge < -0.3 is 15.5 Å². The summed E-state index contributed by atoms with van der Waals surface area (Å²) in [5.74, 6) is -0.198. The van der Waals surface area contributed by atoms with Crippen molar-refractivity contribution >= 4 is 27.5 Å². The number of aryl methyl sites for hydroxylation is 1. The molecule has 0 amide bonds. The van der Waals surface area contributed by atoms with Gasteiger partial charge in [0.15, 0.2) is 0 Å². The number of rotatable bonds is 22. The molecule has 0 aliphatic rings. The van der Waals surface area contributed by atoms with Crippen molar-refractivity contribution in [3.8, 4) is 0 Å². The number of hydrogen-bond donors (Lipinski definition) is 3. The molecule has 258 valence electrons. The molecule has 2 rings (SSSR count). The average Bonchev–Trinajstić information content (AvgIpc) is 2.97. The highest BCUT2D eigenvalue weighted by molar-refractivity contribution is 7.89. The van der Waals surface area contributed by atoms with E-state index in [9.17, 15) is 21.6 Å². The van der Waals surface area contributed by atoms with Crippen LogP contribution in [0.5, 0.6) is 0 Å². The fourth-order valence-electron chi connectivity index (χ4n) is 5.45. The number of benzene rings is 1. The Bertz CT molecular complexity index is 1380. The molecule has 1 atom stereocenters. The third kappa shape index (κ3) is 14.6. The molecule has 0 fully saturated rings. The smallest absolute Gasteiger partial charge is 0.369 e. The van der Waals surface area contributed by atoms with E-state index < -0.39 is 27.6 Å². The first-order valence-corrected chi connectivity index (χ1v) is 18.0. The number of nitrogens with one attached hydrogen (secondary N) is 2. The van der Waals surface area contributed by atoms with E-state index in [0.717, 1.165) is 69.2 Å². The zero-order valence-corrected chi connectivity index (χ0v) is 28.8. The minimum atomic E-state index is -4.69. The monoisotopic (exact) mass is 666 g/mol. The topological polar surface area (TPSA) is 113 Å². The van der Waals surface area contributed by atoms with Crippen LogP contribution < -0.4 is 15.8 Å². The Morgan fingerprint density at radius 1 is 1.07 bits per heavy atom. The van der Waals surface area contributed by atoms with E-state index in [-0.39, 0.29) is 24.7 Å². The van der Waals surface area contributed by atoms with Gasteiger partial charge in [-0.3, -0.25) is 0 Å². The van der Waals surface area contributed by atoms with E-state index in [0.29, 0.717) is 24.2 Å². The summed E-state index contributed by atoms with van der Waals surface area (Å²) in [7, 11) is -1.56. The lowest BCUT2D eigenvalue weighted by Gasteiger charge is -2.21. The quantitative estimate of drug-likeness (QED) is 0.0866. The van der Waals surface area contributed by atoms with Gasteiger partial charge in [0.05, 0.1) is 5.75 Å². The predicted octanol–water partition coefficient (Wildman–Crippen LogP) is 7.87. The van der Waals surface area contributed by atoms with Crippen LogP contribution in [0.4, 0.5) is 30.6 Å². The molecule has 0 spiro atoms. The minimum Gasteiger partial charge on any atom is -0.369 e. The van der Waals surface area contributed by atoms with Crippen molar-refractivity contribution in [2.75, 3.05) is 43.1 Å². The summed E-state index contributed by atoms with van der Waals surface area (Å²) < 4.78 is 63.1. The maximum Gasteiger partial charge on any atom is 0.421 e. The normalized spacial score (nSPS) is 12.7. The van der Waals surface area contributed by atoms with Gasteiger partial charge in [0.1, 0.15) is 11.4 Å². The van der Waals surface area contributed by atoms with Crippen LogP contribution in [0.2, 0.25) is 0 Å². The third-order valence-electron chi connectivity index (χ3n) is 7.88. The van der Waals surface area contributed by atoms with Gasteiger partial charge in [-0.1, -0.05) is 70.0 Å². The number of aromatic nitrogens is 2. The summed E-state index contributed by atoms with van der Waals surface area (Å²) in [6.07, 6.45) is 5.10. The van der Waals surface area contributed by atoms with Crippen LogP contribution in [0, 0.1) is 5.92 Å². The highest BCUT2D eigenvalue weighted by Gasteiger charge is 2.35. The van der Waals surface area contributed by atoms with Gasteiger partial charge >= 0.3 is 6.18 Å². The first-order chi connectivity index (χ1) is 21.6. The van der Waals surface area contributed by atoms with E-state index in [1.54, 1.807) is 0 Å². The lowest BCUT2D eigenvalue weighted by atomic mass is 9.88. The molecule has 8 nitrogen and oxygen atoms in total. The van der Waals surface area contributed by atoms with Crippen LogP contribution in [0.3, 0.4) is 0 Å². The summed E-state index contributed by atoms with van der Waals surface area (Å²) in [6, 6.07) is 5.96. The van der Waals surface area contributed by atoms with Crippen molar-refractivity contribution < 1.29 is 21.6 Å². The van der Waals surface area contributed by atoms with Crippen LogP contribution in [-0.2, 0) is 29.0 Å². The molecule has 0 aliphatic heterocycles. The third-order valence-corrected chi connectivity index (χ3v) is 8.73. The van der Waals surface area contributed by atoms with Crippen LogP contribution in [-0.4, -0.2) is 55.7 Å². The summed E-state index contributed by atoms with van der Waals surface area (Å²) in [5.41, 5.74) is 4.25. The molecular weight excluding hydrogens is 613 g/mol. The van der Waals surface area contributed by atoms with Crippen molar-refractivity contribution in [1.29, 1.82) is 0 Å². The maximum absolute atomic E-state index is 13.6. The molecule has 0 bridgehead atoms. The van der Waals surface area contributed by atoms with Crippen LogP contribution >= 0.6 is 0 Å². The van der Waals surface area contributed by atoms with Crippen molar-refractivity contribution in [1.82, 2.24) is 14.9 Å². The Kier molecular flexibility index (Phi) is 16.2. The molecule has 4 N–H and O–H groups in total. The molecule has 2 aromatic rings. The van der Waals surface area contributed by atoms with Gasteiger partial charge in [-0.2, -0.15) is 18.2 Å². The number of nitrogens with zero attached hydrogens (tertiary/aromatic N) is 3. The Morgan fingerprint density at radius 2 is 1.80 bits per heavy atom. The SMILES string of the molecule is C=C(CCC(CCC)CC(=C)CCN(C)CCC)Cc1ccc(Nc2ncc(C(F)(F)F)c(NCCCS(N)(=O)=O)n2)c(CC)c1. The lowest BCUT2D eigenvalue weighted by Crippen LogP contribution is -2.21. The van der Waals surface area contributed by atoms with Crippen molar-refractivity contribution in [2.45, 2.75) is 91.2 Å². The number of sulfonamides is 1. The molecule has 0 saturated heterocycles. The number of primary sulfonamides is 1. The van der Waals surface area contributed by atoms with Crippen LogP contribution in [0.15, 0.2) is 48.7 Å². The van der Waals surface area contributed by atoms with Crippen LogP contribution in [0.1, 0.15) is 88.8 Å². The molecular formula is C34H53F3N6O2S. The number of anilines is 3. The Hall–Kier alpha value is -2.96. The molecule has 12 heteroatoms.